The molecule has 0 aromatic rings. The fourth-order valence-electron chi connectivity index (χ4n) is 5.76. The molecule has 1 aliphatic carbocycles. The first-order valence-electron chi connectivity index (χ1n) is 11.5. The average Bonchev–Trinajstić information content (AvgIpc) is 2.91. The number of nitrogens with one attached hydrogen (secondary N) is 2. The molecule has 7 heteroatoms. The van der Waals surface area contributed by atoms with Gasteiger partial charge in [0.25, 0.3) is 0 Å². The summed E-state index contributed by atoms with van der Waals surface area (Å²) in [6.45, 7) is 12.3. The van der Waals surface area contributed by atoms with Crippen LogP contribution >= 0.6 is 0 Å². The lowest BCUT2D eigenvalue weighted by Gasteiger charge is -2.37. The second-order valence-electron chi connectivity index (χ2n) is 10.9. The van der Waals surface area contributed by atoms with Crippen molar-refractivity contribution in [3.63, 3.8) is 0 Å². The number of hydrogen-bond donors (Lipinski definition) is 3. The first-order chi connectivity index (χ1) is 14.4. The lowest BCUT2D eigenvalue weighted by atomic mass is 9.68. The van der Waals surface area contributed by atoms with Gasteiger partial charge in [0.1, 0.15) is 6.04 Å². The smallest absolute Gasteiger partial charge is 0.243 e. The van der Waals surface area contributed by atoms with Crippen LogP contribution in [0.25, 0.3) is 0 Å². The van der Waals surface area contributed by atoms with Crippen molar-refractivity contribution in [3.8, 4) is 0 Å². The molecule has 0 aromatic heterocycles. The van der Waals surface area contributed by atoms with E-state index in [2.05, 4.69) is 38.3 Å². The molecule has 2 aliphatic rings. The quantitative estimate of drug-likeness (QED) is 0.509. The minimum Gasteiger partial charge on any atom is -0.395 e. The molecule has 31 heavy (non-hydrogen) atoms. The summed E-state index contributed by atoms with van der Waals surface area (Å²) in [5.41, 5.74) is -0.428. The van der Waals surface area contributed by atoms with Gasteiger partial charge in [-0.25, -0.2) is 0 Å². The van der Waals surface area contributed by atoms with Crippen LogP contribution in [0.2, 0.25) is 0 Å². The number of carbonyl (C=O) groups excluding carboxylic acids is 3. The largest absolute Gasteiger partial charge is 0.395 e. The Hall–Kier alpha value is -1.89. The van der Waals surface area contributed by atoms with E-state index >= 15 is 0 Å². The van der Waals surface area contributed by atoms with Crippen LogP contribution in [0.5, 0.6) is 0 Å². The van der Waals surface area contributed by atoms with Crippen molar-refractivity contribution in [2.75, 3.05) is 20.2 Å². The van der Waals surface area contributed by atoms with Gasteiger partial charge in [-0.15, -0.1) is 0 Å². The molecule has 0 unspecified atom stereocenters. The zero-order valence-electron chi connectivity index (χ0n) is 20.2. The fourth-order valence-corrected chi connectivity index (χ4v) is 5.76. The summed E-state index contributed by atoms with van der Waals surface area (Å²) in [5, 5.41) is 15.5. The van der Waals surface area contributed by atoms with E-state index in [1.54, 1.807) is 7.05 Å². The Kier molecular flexibility index (Phi) is 7.95. The number of likely N-dealkylation sites (tertiary alicyclic amines) is 1. The number of carbonyl (C=O) groups is 3. The Morgan fingerprint density at radius 1 is 1.13 bits per heavy atom. The maximum atomic E-state index is 13.5. The Bertz CT molecular complexity index is 710. The summed E-state index contributed by atoms with van der Waals surface area (Å²) in [6, 6.07) is -0.727. The second-order valence-corrected chi connectivity index (χ2v) is 10.9. The van der Waals surface area contributed by atoms with E-state index in [1.165, 1.54) is 4.90 Å². The number of hydrogen-bond acceptors (Lipinski definition) is 4. The number of β-amino-alcohol motifs (C(OH)–C–C–N with tert-alkyl or cyclic N) is 1. The van der Waals surface area contributed by atoms with Crippen molar-refractivity contribution in [2.45, 2.75) is 72.4 Å². The van der Waals surface area contributed by atoms with Crippen LogP contribution in [0.15, 0.2) is 12.2 Å². The summed E-state index contributed by atoms with van der Waals surface area (Å²) in [4.78, 5) is 41.2. The van der Waals surface area contributed by atoms with Crippen LogP contribution in [0, 0.1) is 29.1 Å². The minimum absolute atomic E-state index is 0.0258. The number of rotatable bonds is 8. The fraction of sp³-hybridized carbons (Fsp3) is 0.792. The normalized spacial score (nSPS) is 28.5. The molecule has 176 valence electrons. The van der Waals surface area contributed by atoms with Gasteiger partial charge < -0.3 is 20.6 Å². The molecule has 1 fully saturated rings. The van der Waals surface area contributed by atoms with Crippen LogP contribution in [0.3, 0.4) is 0 Å². The maximum Gasteiger partial charge on any atom is 0.243 e. The summed E-state index contributed by atoms with van der Waals surface area (Å²) >= 11 is 0. The van der Waals surface area contributed by atoms with Crippen LogP contribution in [0.4, 0.5) is 0 Å². The number of aliphatic hydroxyl groups excluding tert-OH is 1. The molecular weight excluding hydrogens is 394 g/mol. The molecule has 5 atom stereocenters. The summed E-state index contributed by atoms with van der Waals surface area (Å²) in [6.07, 6.45) is 6.46. The van der Waals surface area contributed by atoms with Crippen molar-refractivity contribution in [3.05, 3.63) is 12.2 Å². The number of fused-ring (bicyclic) bond motifs is 1. The standard InChI is InChI=1S/C24H41N3O4/c1-8-9-15-10-11-16-18(17(15)20(29)25-7)22(31)27(12-13-28)19(16)21(30)26-24(5,6)14-23(2,3)4/h10-11,15-19,28H,8-9,12-14H2,1-7H3,(H,25,29)(H,26,30)/t15-,16+,17-,18+,19+/m1/s1. The van der Waals surface area contributed by atoms with Crippen molar-refractivity contribution in [2.24, 2.45) is 29.1 Å². The number of amides is 3. The molecule has 2 rings (SSSR count). The van der Waals surface area contributed by atoms with Crippen molar-refractivity contribution in [1.29, 1.82) is 0 Å². The SMILES string of the molecule is CCC[C@@H]1C=C[C@H]2[C@H](C(=O)N(CCO)[C@@H]2C(=O)NC(C)(C)CC(C)(C)C)[C@@H]1C(=O)NC. The average molecular weight is 436 g/mol. The predicted molar refractivity (Wildman–Crippen MR) is 121 cm³/mol. The molecule has 1 heterocycles. The van der Waals surface area contributed by atoms with Crippen LogP contribution in [-0.2, 0) is 14.4 Å². The first-order valence-corrected chi connectivity index (χ1v) is 11.5. The second kappa shape index (κ2) is 9.72. The lowest BCUT2D eigenvalue weighted by Crippen LogP contribution is -2.55. The molecular formula is C24H41N3O4. The third-order valence-corrected chi connectivity index (χ3v) is 6.33. The molecule has 3 N–H and O–H groups in total. The Labute approximate surface area is 187 Å². The van der Waals surface area contributed by atoms with Crippen LogP contribution in [0.1, 0.15) is 60.8 Å². The summed E-state index contributed by atoms with van der Waals surface area (Å²) in [7, 11) is 1.59. The van der Waals surface area contributed by atoms with Gasteiger partial charge in [-0.1, -0.05) is 46.3 Å². The van der Waals surface area contributed by atoms with Gasteiger partial charge in [0, 0.05) is 25.0 Å². The van der Waals surface area contributed by atoms with Crippen LogP contribution < -0.4 is 10.6 Å². The van der Waals surface area contributed by atoms with E-state index in [9.17, 15) is 19.5 Å². The van der Waals surface area contributed by atoms with Gasteiger partial charge in [-0.3, -0.25) is 14.4 Å². The highest BCUT2D eigenvalue weighted by Crippen LogP contribution is 2.45. The van der Waals surface area contributed by atoms with E-state index in [-0.39, 0.29) is 48.1 Å². The molecule has 3 amide bonds. The number of nitrogens with zero attached hydrogens (tertiary/aromatic N) is 1. The summed E-state index contributed by atoms with van der Waals surface area (Å²) < 4.78 is 0. The highest BCUT2D eigenvalue weighted by molar-refractivity contribution is 5.97. The zero-order chi connectivity index (χ0) is 23.6. The molecule has 0 saturated carbocycles. The molecule has 0 aromatic carbocycles. The Morgan fingerprint density at radius 3 is 2.29 bits per heavy atom. The topological polar surface area (TPSA) is 98.7 Å². The zero-order valence-corrected chi connectivity index (χ0v) is 20.2. The van der Waals surface area contributed by atoms with Gasteiger partial charge in [0.05, 0.1) is 18.4 Å². The Morgan fingerprint density at radius 2 is 1.77 bits per heavy atom. The van der Waals surface area contributed by atoms with Gasteiger partial charge in [-0.2, -0.15) is 0 Å². The van der Waals surface area contributed by atoms with Gasteiger partial charge >= 0.3 is 0 Å². The molecule has 0 radical (unpaired) electrons. The minimum atomic E-state index is -0.727. The highest BCUT2D eigenvalue weighted by atomic mass is 16.3. The number of aliphatic hydroxyl groups is 1. The molecule has 1 saturated heterocycles. The Balaban J connectivity index is 2.40. The van der Waals surface area contributed by atoms with E-state index in [1.807, 2.05) is 26.0 Å². The summed E-state index contributed by atoms with van der Waals surface area (Å²) in [5.74, 6) is -2.12. The predicted octanol–water partition coefficient (Wildman–Crippen LogP) is 2.10. The molecule has 0 bridgehead atoms. The van der Waals surface area contributed by atoms with E-state index < -0.39 is 23.4 Å². The highest BCUT2D eigenvalue weighted by Gasteiger charge is 2.57. The monoisotopic (exact) mass is 435 g/mol. The van der Waals surface area contributed by atoms with E-state index in [0.717, 1.165) is 19.3 Å². The lowest BCUT2D eigenvalue weighted by molar-refractivity contribution is -0.141. The van der Waals surface area contributed by atoms with Gasteiger partial charge in [0.15, 0.2) is 0 Å². The third-order valence-electron chi connectivity index (χ3n) is 6.33. The third kappa shape index (κ3) is 5.68. The van der Waals surface area contributed by atoms with Gasteiger partial charge in [0.2, 0.25) is 17.7 Å². The van der Waals surface area contributed by atoms with E-state index in [0.29, 0.717) is 0 Å². The molecule has 0 spiro atoms. The molecule has 7 nitrogen and oxygen atoms in total. The van der Waals surface area contributed by atoms with Crippen molar-refractivity contribution in [1.82, 2.24) is 15.5 Å². The first kappa shape index (κ1) is 25.4. The molecule has 1 aliphatic heterocycles. The van der Waals surface area contributed by atoms with Crippen LogP contribution in [-0.4, -0.2) is 59.5 Å². The number of allylic oxidation sites excluding steroid dienone is 1. The maximum absolute atomic E-state index is 13.5. The van der Waals surface area contributed by atoms with Crippen molar-refractivity contribution >= 4 is 17.7 Å². The van der Waals surface area contributed by atoms with Gasteiger partial charge in [-0.05, 0) is 38.0 Å². The van der Waals surface area contributed by atoms with E-state index in [4.69, 9.17) is 0 Å². The van der Waals surface area contributed by atoms with Crippen molar-refractivity contribution < 1.29 is 19.5 Å².